The Labute approximate surface area is 273 Å². The van der Waals surface area contributed by atoms with Crippen molar-refractivity contribution >= 4 is 68.6 Å². The van der Waals surface area contributed by atoms with Crippen molar-refractivity contribution in [2.45, 2.75) is 12.8 Å². The van der Waals surface area contributed by atoms with Crippen LogP contribution in [0.1, 0.15) is 33.6 Å². The molecule has 0 atom stereocenters. The first-order valence-corrected chi connectivity index (χ1v) is 15.8. The van der Waals surface area contributed by atoms with E-state index in [0.717, 1.165) is 85.0 Å². The molecule has 8 nitrogen and oxygen atoms in total. The van der Waals surface area contributed by atoms with Crippen LogP contribution in [0.25, 0.3) is 21.8 Å². The topological polar surface area (TPSA) is 90.5 Å². The zero-order valence-corrected chi connectivity index (χ0v) is 26.7. The molecule has 0 fully saturated rings. The summed E-state index contributed by atoms with van der Waals surface area (Å²) in [6.45, 7) is 4.63. The monoisotopic (exact) mass is 642 g/mol. The number of benzene rings is 3. The quantitative estimate of drug-likeness (QED) is 0.0916. The molecule has 0 saturated heterocycles. The summed E-state index contributed by atoms with van der Waals surface area (Å²) in [6.07, 6.45) is 6.07. The Bertz CT molecular complexity index is 1690. The van der Waals surface area contributed by atoms with Crippen LogP contribution in [0, 0.1) is 0 Å². The fraction of sp³-hybridized carbons (Fsp3) is 0.257. The lowest BCUT2D eigenvalue weighted by molar-refractivity contribution is 0.0788. The Morgan fingerprint density at radius 1 is 0.756 bits per heavy atom. The highest BCUT2D eigenvalue weighted by Crippen LogP contribution is 2.25. The predicted octanol–water partition coefficient (Wildman–Crippen LogP) is 7.28. The van der Waals surface area contributed by atoms with Crippen LogP contribution in [0.4, 0.5) is 11.4 Å². The van der Waals surface area contributed by atoms with E-state index < -0.39 is 0 Å². The molecule has 1 amide bonds. The van der Waals surface area contributed by atoms with Gasteiger partial charge in [0.1, 0.15) is 0 Å². The van der Waals surface area contributed by atoms with Crippen LogP contribution < -0.4 is 10.6 Å². The number of fused-ring (bicyclic) bond motifs is 2. The van der Waals surface area contributed by atoms with E-state index in [1.807, 2.05) is 48.5 Å². The number of anilines is 2. The van der Waals surface area contributed by atoms with Gasteiger partial charge in [-0.15, -0.1) is 0 Å². The Morgan fingerprint density at radius 2 is 1.31 bits per heavy atom. The lowest BCUT2D eigenvalue weighted by Crippen LogP contribution is -2.35. The third-order valence-electron chi connectivity index (χ3n) is 7.78. The highest BCUT2D eigenvalue weighted by Gasteiger charge is 2.15. The minimum Gasteiger partial charge on any atom is -0.383 e. The molecule has 5 rings (SSSR count). The van der Waals surface area contributed by atoms with Gasteiger partial charge in [-0.1, -0.05) is 41.4 Å². The van der Waals surface area contributed by atoms with E-state index in [1.54, 1.807) is 48.6 Å². The van der Waals surface area contributed by atoms with Gasteiger partial charge in [-0.25, -0.2) is 0 Å². The molecule has 10 heteroatoms. The highest BCUT2D eigenvalue weighted by atomic mass is 35.5. The van der Waals surface area contributed by atoms with Crippen molar-refractivity contribution < 1.29 is 9.59 Å². The second-order valence-corrected chi connectivity index (χ2v) is 11.7. The maximum Gasteiger partial charge on any atom is 0.254 e. The molecule has 0 aliphatic rings. The fourth-order valence-corrected chi connectivity index (χ4v) is 5.70. The summed E-state index contributed by atoms with van der Waals surface area (Å²) < 4.78 is 0. The van der Waals surface area contributed by atoms with Crippen molar-refractivity contribution in [3.63, 3.8) is 0 Å². The Balaban J connectivity index is 1.18. The van der Waals surface area contributed by atoms with Crippen molar-refractivity contribution in [2.75, 3.05) is 56.9 Å². The molecule has 45 heavy (non-hydrogen) atoms. The molecule has 0 saturated carbocycles. The summed E-state index contributed by atoms with van der Waals surface area (Å²) in [4.78, 5) is 37.3. The van der Waals surface area contributed by atoms with Gasteiger partial charge in [-0.2, -0.15) is 0 Å². The fourth-order valence-electron chi connectivity index (χ4n) is 5.37. The van der Waals surface area contributed by atoms with Crippen LogP contribution in [-0.2, 0) is 0 Å². The third kappa shape index (κ3) is 8.48. The van der Waals surface area contributed by atoms with E-state index in [2.05, 4.69) is 25.5 Å². The molecule has 0 aliphatic carbocycles. The second kappa shape index (κ2) is 15.7. The lowest BCUT2D eigenvalue weighted by atomic mass is 10.1. The molecule has 0 bridgehead atoms. The molecule has 0 radical (unpaired) electrons. The summed E-state index contributed by atoms with van der Waals surface area (Å²) in [5, 5.41) is 10.5. The Hall–Kier alpha value is -4.24. The largest absolute Gasteiger partial charge is 0.383 e. The number of nitrogens with one attached hydrogen (secondary N) is 2. The molecule has 2 N–H and O–H groups in total. The second-order valence-electron chi connectivity index (χ2n) is 10.9. The number of halogens is 2. The van der Waals surface area contributed by atoms with E-state index in [9.17, 15) is 9.59 Å². The minimum atomic E-state index is -0.139. The van der Waals surface area contributed by atoms with E-state index in [1.165, 1.54) is 0 Å². The number of carbonyl (C=O) groups excluding carboxylic acids is 2. The van der Waals surface area contributed by atoms with Gasteiger partial charge in [0.05, 0.1) is 16.6 Å². The predicted molar refractivity (Wildman–Crippen MR) is 185 cm³/mol. The highest BCUT2D eigenvalue weighted by molar-refractivity contribution is 6.31. The molecule has 232 valence electrons. The van der Waals surface area contributed by atoms with E-state index in [0.29, 0.717) is 27.7 Å². The standard InChI is InChI=1S/C35H36Cl2N6O2/c1-42(35(45)28-7-3-2-6-25(28)24-44)18-4-5-19-43(20-16-40-31-12-14-38-33-22-26(36)8-10-29(31)33)21-17-41-32-13-15-39-34-23-27(37)9-11-30(32)34/h2-3,6-15,22-24H,4-5,16-21H2,1H3,(H,38,40)(H,39,41). The Morgan fingerprint density at radius 3 is 1.89 bits per heavy atom. The van der Waals surface area contributed by atoms with Crippen LogP contribution in [0.2, 0.25) is 10.0 Å². The third-order valence-corrected chi connectivity index (χ3v) is 8.25. The molecule has 3 aromatic carbocycles. The summed E-state index contributed by atoms with van der Waals surface area (Å²) in [7, 11) is 1.79. The zero-order chi connectivity index (χ0) is 31.6. The van der Waals surface area contributed by atoms with Gasteiger partial charge < -0.3 is 15.5 Å². The minimum absolute atomic E-state index is 0.139. The first kappa shape index (κ1) is 32.2. The molecular weight excluding hydrogens is 607 g/mol. The lowest BCUT2D eigenvalue weighted by Gasteiger charge is -2.24. The van der Waals surface area contributed by atoms with Gasteiger partial charge in [0.2, 0.25) is 0 Å². The number of hydrogen-bond donors (Lipinski definition) is 2. The molecule has 0 spiro atoms. The number of rotatable bonds is 15. The number of aldehydes is 1. The molecular formula is C35H36Cl2N6O2. The maximum absolute atomic E-state index is 12.9. The zero-order valence-electron chi connectivity index (χ0n) is 25.2. The number of hydrogen-bond acceptors (Lipinski definition) is 7. The number of pyridine rings is 2. The van der Waals surface area contributed by atoms with E-state index >= 15 is 0 Å². The molecule has 2 heterocycles. The van der Waals surface area contributed by atoms with Crippen LogP contribution in [0.5, 0.6) is 0 Å². The van der Waals surface area contributed by atoms with Gasteiger partial charge in [0, 0.05) is 89.9 Å². The molecule has 0 aliphatic heterocycles. The Kier molecular flexibility index (Phi) is 11.2. The SMILES string of the molecule is CN(CCCCN(CCNc1ccnc2cc(Cl)ccc12)CCNc1ccnc2cc(Cl)ccc12)C(=O)c1ccccc1C=O. The van der Waals surface area contributed by atoms with Crippen LogP contribution in [0.3, 0.4) is 0 Å². The molecule has 5 aromatic rings. The number of carbonyl (C=O) groups is 2. The van der Waals surface area contributed by atoms with Crippen LogP contribution >= 0.6 is 23.2 Å². The van der Waals surface area contributed by atoms with Crippen molar-refractivity contribution in [2.24, 2.45) is 0 Å². The van der Waals surface area contributed by atoms with Crippen LogP contribution in [0.15, 0.2) is 85.2 Å². The van der Waals surface area contributed by atoms with Crippen molar-refractivity contribution in [1.82, 2.24) is 19.8 Å². The van der Waals surface area contributed by atoms with Crippen molar-refractivity contribution in [3.8, 4) is 0 Å². The van der Waals surface area contributed by atoms with Gasteiger partial charge in [0.15, 0.2) is 6.29 Å². The first-order chi connectivity index (χ1) is 21.9. The number of aromatic nitrogens is 2. The van der Waals surface area contributed by atoms with Gasteiger partial charge in [-0.3, -0.25) is 24.5 Å². The maximum atomic E-state index is 12.9. The van der Waals surface area contributed by atoms with Crippen LogP contribution in [-0.4, -0.2) is 78.3 Å². The number of unbranched alkanes of at least 4 members (excludes halogenated alkanes) is 1. The normalized spacial score (nSPS) is 11.2. The summed E-state index contributed by atoms with van der Waals surface area (Å²) in [6, 6.07) is 22.4. The molecule has 2 aromatic heterocycles. The number of nitrogens with zero attached hydrogens (tertiary/aromatic N) is 4. The van der Waals surface area contributed by atoms with Gasteiger partial charge in [-0.05, 0) is 74.0 Å². The van der Waals surface area contributed by atoms with Crippen molar-refractivity contribution in [3.05, 3.63) is 106 Å². The average molecular weight is 644 g/mol. The summed E-state index contributed by atoms with van der Waals surface area (Å²) in [5.74, 6) is -0.139. The average Bonchev–Trinajstić information content (AvgIpc) is 3.05. The first-order valence-electron chi connectivity index (χ1n) is 15.0. The summed E-state index contributed by atoms with van der Waals surface area (Å²) >= 11 is 12.3. The van der Waals surface area contributed by atoms with Gasteiger partial charge in [0.25, 0.3) is 5.91 Å². The smallest absolute Gasteiger partial charge is 0.254 e. The van der Waals surface area contributed by atoms with E-state index in [4.69, 9.17) is 23.2 Å². The van der Waals surface area contributed by atoms with Crippen molar-refractivity contribution in [1.29, 1.82) is 0 Å². The molecule has 0 unspecified atom stereocenters. The summed E-state index contributed by atoms with van der Waals surface area (Å²) in [5.41, 5.74) is 4.60. The van der Waals surface area contributed by atoms with Gasteiger partial charge >= 0.3 is 0 Å². The van der Waals surface area contributed by atoms with E-state index in [-0.39, 0.29) is 5.91 Å². The number of amides is 1.